The van der Waals surface area contributed by atoms with Crippen LogP contribution in [0.2, 0.25) is 0 Å². The highest BCUT2D eigenvalue weighted by atomic mass is 15.3. The molecule has 0 aliphatic carbocycles. The molecule has 2 aromatic heterocycles. The van der Waals surface area contributed by atoms with Gasteiger partial charge in [-0.25, -0.2) is 9.97 Å². The Kier molecular flexibility index (Phi) is 4.40. The van der Waals surface area contributed by atoms with Crippen LogP contribution in [0.25, 0.3) is 11.0 Å². The number of hydrogen-bond donors (Lipinski definition) is 1. The van der Waals surface area contributed by atoms with E-state index in [0.717, 1.165) is 36.5 Å². The van der Waals surface area contributed by atoms with E-state index >= 15 is 0 Å². The number of nitrogens with one attached hydrogen (secondary N) is 1. The number of fused-ring (bicyclic) bond motifs is 1. The summed E-state index contributed by atoms with van der Waals surface area (Å²) in [6.45, 7) is 5.59. The molecule has 3 aromatic rings. The van der Waals surface area contributed by atoms with Crippen molar-refractivity contribution >= 4 is 16.9 Å². The fraction of sp³-hybridized carbons (Fsp3) is 0.400. The lowest BCUT2D eigenvalue weighted by atomic mass is 9.92. The Morgan fingerprint density at radius 2 is 2.04 bits per heavy atom. The first-order valence-corrected chi connectivity index (χ1v) is 8.99. The summed E-state index contributed by atoms with van der Waals surface area (Å²) in [4.78, 5) is 17.0. The summed E-state index contributed by atoms with van der Waals surface area (Å²) in [6, 6.07) is 13.3. The number of benzene rings is 1. The number of aromatic nitrogens is 3. The van der Waals surface area contributed by atoms with Gasteiger partial charge in [-0.2, -0.15) is 0 Å². The van der Waals surface area contributed by atoms with E-state index in [1.54, 1.807) is 6.33 Å². The summed E-state index contributed by atoms with van der Waals surface area (Å²) < 4.78 is 0. The van der Waals surface area contributed by atoms with Gasteiger partial charge < -0.3 is 9.88 Å². The number of rotatable bonds is 4. The van der Waals surface area contributed by atoms with Crippen molar-refractivity contribution in [3.05, 3.63) is 54.5 Å². The third-order valence-corrected chi connectivity index (χ3v) is 5.42. The van der Waals surface area contributed by atoms with E-state index in [-0.39, 0.29) is 0 Å². The third kappa shape index (κ3) is 3.24. The monoisotopic (exact) mass is 335 g/mol. The van der Waals surface area contributed by atoms with Crippen molar-refractivity contribution in [2.24, 2.45) is 5.92 Å². The molecule has 0 amide bonds. The zero-order valence-electron chi connectivity index (χ0n) is 14.9. The molecule has 5 nitrogen and oxygen atoms in total. The van der Waals surface area contributed by atoms with Crippen LogP contribution in [0.3, 0.4) is 0 Å². The highest BCUT2D eigenvalue weighted by Crippen LogP contribution is 2.29. The number of piperidine rings is 1. The number of hydrogen-bond acceptors (Lipinski definition) is 4. The zero-order valence-corrected chi connectivity index (χ0v) is 14.9. The molecule has 1 fully saturated rings. The van der Waals surface area contributed by atoms with Gasteiger partial charge in [-0.1, -0.05) is 37.3 Å². The number of likely N-dealkylation sites (N-methyl/N-ethyl adjacent to an activating group) is 1. The molecule has 1 N–H and O–H groups in total. The molecule has 25 heavy (non-hydrogen) atoms. The molecule has 2 atom stereocenters. The van der Waals surface area contributed by atoms with Gasteiger partial charge in [0.05, 0.1) is 5.39 Å². The Balaban J connectivity index is 1.54. The predicted molar refractivity (Wildman–Crippen MR) is 102 cm³/mol. The van der Waals surface area contributed by atoms with Crippen molar-refractivity contribution in [3.8, 4) is 0 Å². The SMILES string of the molecule is C[C@@H]1CCN(Cc2ccccc2)CC1N(C)c1ncnc2[nH]ccc12. The fourth-order valence-corrected chi connectivity index (χ4v) is 3.90. The van der Waals surface area contributed by atoms with E-state index in [1.165, 1.54) is 12.0 Å². The lowest BCUT2D eigenvalue weighted by Gasteiger charge is -2.42. The second-order valence-corrected chi connectivity index (χ2v) is 7.10. The molecule has 0 bridgehead atoms. The molecule has 1 saturated heterocycles. The topological polar surface area (TPSA) is 48.1 Å². The summed E-state index contributed by atoms with van der Waals surface area (Å²) in [6.07, 6.45) is 4.80. The van der Waals surface area contributed by atoms with Crippen LogP contribution in [0.15, 0.2) is 48.9 Å². The maximum absolute atomic E-state index is 4.57. The molecule has 0 spiro atoms. The Bertz CT molecular complexity index is 828. The van der Waals surface area contributed by atoms with Gasteiger partial charge in [-0.3, -0.25) is 4.90 Å². The van der Waals surface area contributed by atoms with Crippen molar-refractivity contribution in [1.82, 2.24) is 19.9 Å². The van der Waals surface area contributed by atoms with Crippen LogP contribution in [0, 0.1) is 5.92 Å². The van der Waals surface area contributed by atoms with E-state index in [1.807, 2.05) is 6.20 Å². The van der Waals surface area contributed by atoms with Gasteiger partial charge in [0.1, 0.15) is 17.8 Å². The first-order chi connectivity index (χ1) is 12.2. The summed E-state index contributed by atoms with van der Waals surface area (Å²) in [5.74, 6) is 1.66. The normalized spacial score (nSPS) is 21.5. The van der Waals surface area contributed by atoms with E-state index < -0.39 is 0 Å². The minimum atomic E-state index is 0.450. The second-order valence-electron chi connectivity index (χ2n) is 7.10. The third-order valence-electron chi connectivity index (χ3n) is 5.42. The highest BCUT2D eigenvalue weighted by molar-refractivity contribution is 5.87. The Morgan fingerprint density at radius 1 is 1.20 bits per heavy atom. The first-order valence-electron chi connectivity index (χ1n) is 8.99. The molecule has 130 valence electrons. The highest BCUT2D eigenvalue weighted by Gasteiger charge is 2.30. The van der Waals surface area contributed by atoms with Crippen molar-refractivity contribution < 1.29 is 0 Å². The summed E-state index contributed by atoms with van der Waals surface area (Å²) >= 11 is 0. The zero-order chi connectivity index (χ0) is 17.2. The van der Waals surface area contributed by atoms with Crippen molar-refractivity contribution in [1.29, 1.82) is 0 Å². The quantitative estimate of drug-likeness (QED) is 0.795. The average Bonchev–Trinajstić information content (AvgIpc) is 3.12. The van der Waals surface area contributed by atoms with Gasteiger partial charge in [0, 0.05) is 32.4 Å². The van der Waals surface area contributed by atoms with Crippen molar-refractivity contribution in [2.45, 2.75) is 25.9 Å². The number of aromatic amines is 1. The lowest BCUT2D eigenvalue weighted by Crippen LogP contribution is -2.50. The average molecular weight is 335 g/mol. The second kappa shape index (κ2) is 6.84. The summed E-state index contributed by atoms with van der Waals surface area (Å²) in [5, 5.41) is 1.09. The van der Waals surface area contributed by atoms with Gasteiger partial charge in [0.2, 0.25) is 0 Å². The maximum Gasteiger partial charge on any atom is 0.142 e. The van der Waals surface area contributed by atoms with E-state index in [0.29, 0.717) is 12.0 Å². The lowest BCUT2D eigenvalue weighted by molar-refractivity contribution is 0.159. The van der Waals surface area contributed by atoms with Crippen LogP contribution in [0.4, 0.5) is 5.82 Å². The molecule has 1 aliphatic heterocycles. The Morgan fingerprint density at radius 3 is 2.88 bits per heavy atom. The molecule has 0 radical (unpaired) electrons. The van der Waals surface area contributed by atoms with Gasteiger partial charge >= 0.3 is 0 Å². The van der Waals surface area contributed by atoms with Gasteiger partial charge in [0.15, 0.2) is 0 Å². The van der Waals surface area contributed by atoms with Crippen LogP contribution >= 0.6 is 0 Å². The molecule has 1 aliphatic rings. The van der Waals surface area contributed by atoms with Crippen LogP contribution in [0.5, 0.6) is 0 Å². The van der Waals surface area contributed by atoms with Gasteiger partial charge in [0.25, 0.3) is 0 Å². The molecular weight excluding hydrogens is 310 g/mol. The first kappa shape index (κ1) is 16.1. The minimum Gasteiger partial charge on any atom is -0.354 e. The standard InChI is InChI=1S/C20H25N5/c1-15-9-11-25(12-16-6-4-3-5-7-16)13-18(15)24(2)20-17-8-10-21-19(17)22-14-23-20/h3-8,10,14-15,18H,9,11-13H2,1-2H3,(H,21,22,23)/t15-,18?/m1/s1. The molecular formula is C20H25N5. The van der Waals surface area contributed by atoms with Gasteiger partial charge in [-0.05, 0) is 30.5 Å². The number of nitrogens with zero attached hydrogens (tertiary/aromatic N) is 4. The van der Waals surface area contributed by atoms with E-state index in [2.05, 4.69) is 75.1 Å². The van der Waals surface area contributed by atoms with Crippen molar-refractivity contribution in [2.75, 3.05) is 25.0 Å². The van der Waals surface area contributed by atoms with Gasteiger partial charge in [-0.15, -0.1) is 0 Å². The molecule has 0 saturated carbocycles. The van der Waals surface area contributed by atoms with Crippen LogP contribution < -0.4 is 4.90 Å². The van der Waals surface area contributed by atoms with Crippen LogP contribution in [-0.2, 0) is 6.54 Å². The largest absolute Gasteiger partial charge is 0.354 e. The predicted octanol–water partition coefficient (Wildman–Crippen LogP) is 3.30. The summed E-state index contributed by atoms with van der Waals surface area (Å²) in [5.41, 5.74) is 2.29. The van der Waals surface area contributed by atoms with Crippen molar-refractivity contribution in [3.63, 3.8) is 0 Å². The smallest absolute Gasteiger partial charge is 0.142 e. The van der Waals surface area contributed by atoms with Crippen LogP contribution in [-0.4, -0.2) is 46.0 Å². The number of H-pyrrole nitrogens is 1. The fourth-order valence-electron chi connectivity index (χ4n) is 3.90. The van der Waals surface area contributed by atoms with Crippen LogP contribution in [0.1, 0.15) is 18.9 Å². The Hall–Kier alpha value is -2.40. The van der Waals surface area contributed by atoms with E-state index in [9.17, 15) is 0 Å². The molecule has 1 aromatic carbocycles. The molecule has 4 rings (SSSR count). The molecule has 1 unspecified atom stereocenters. The Labute approximate surface area is 148 Å². The maximum atomic E-state index is 4.57. The molecule has 3 heterocycles. The molecule has 5 heteroatoms. The number of anilines is 1. The van der Waals surface area contributed by atoms with E-state index in [4.69, 9.17) is 0 Å². The minimum absolute atomic E-state index is 0.450. The summed E-state index contributed by atoms with van der Waals surface area (Å²) in [7, 11) is 2.17. The number of likely N-dealkylation sites (tertiary alicyclic amines) is 1.